The Labute approximate surface area is 155 Å². The quantitative estimate of drug-likeness (QED) is 0.699. The van der Waals surface area contributed by atoms with E-state index in [9.17, 15) is 4.79 Å². The number of aryl methyl sites for hydroxylation is 1. The van der Waals surface area contributed by atoms with Gasteiger partial charge >= 0.3 is 0 Å². The Hall–Kier alpha value is -3.30. The minimum absolute atomic E-state index is 0.0349. The van der Waals surface area contributed by atoms with Gasteiger partial charge in [0.1, 0.15) is 17.3 Å². The summed E-state index contributed by atoms with van der Waals surface area (Å²) in [5.41, 5.74) is 6.09. The fraction of sp³-hybridized carbons (Fsp3) is 0.412. The summed E-state index contributed by atoms with van der Waals surface area (Å²) < 4.78 is 9.01. The summed E-state index contributed by atoms with van der Waals surface area (Å²) in [4.78, 5) is 16.0. The molecule has 0 saturated heterocycles. The molecule has 0 spiro atoms. The molecule has 2 aromatic heterocycles. The van der Waals surface area contributed by atoms with Crippen LogP contribution in [0.3, 0.4) is 0 Å². The molecule has 1 aliphatic heterocycles. The van der Waals surface area contributed by atoms with Gasteiger partial charge in [-0.15, -0.1) is 5.10 Å². The lowest BCUT2D eigenvalue weighted by atomic mass is 10.0. The maximum atomic E-state index is 11.4. The van der Waals surface area contributed by atoms with E-state index in [0.29, 0.717) is 17.4 Å². The van der Waals surface area contributed by atoms with Crippen LogP contribution in [0, 0.1) is 0 Å². The number of rotatable bonds is 5. The van der Waals surface area contributed by atoms with E-state index in [4.69, 9.17) is 10.5 Å². The minimum Gasteiger partial charge on any atom is -0.494 e. The van der Waals surface area contributed by atoms with Gasteiger partial charge in [-0.25, -0.2) is 14.3 Å². The molecule has 0 aliphatic carbocycles. The van der Waals surface area contributed by atoms with Crippen molar-refractivity contribution in [2.24, 2.45) is 5.73 Å². The maximum Gasteiger partial charge on any atom is 0.225 e. The highest BCUT2D eigenvalue weighted by molar-refractivity contribution is 5.75. The van der Waals surface area contributed by atoms with Crippen molar-refractivity contribution in [3.63, 3.8) is 0 Å². The number of aromatic nitrogens is 7. The van der Waals surface area contributed by atoms with Gasteiger partial charge in [-0.3, -0.25) is 4.79 Å². The van der Waals surface area contributed by atoms with E-state index in [0.717, 1.165) is 37.3 Å². The van der Waals surface area contributed by atoms with Gasteiger partial charge in [-0.2, -0.15) is 5.10 Å². The number of hydrogen-bond acceptors (Lipinski definition) is 7. The molecule has 0 saturated carbocycles. The van der Waals surface area contributed by atoms with Gasteiger partial charge in [0, 0.05) is 6.54 Å². The molecule has 10 nitrogen and oxygen atoms in total. The molecule has 1 unspecified atom stereocenters. The number of nitrogens with zero attached hydrogens (tertiary/aromatic N) is 7. The Morgan fingerprint density at radius 1 is 1.30 bits per heavy atom. The van der Waals surface area contributed by atoms with Crippen molar-refractivity contribution in [1.82, 2.24) is 35.0 Å². The number of methoxy groups -OCH3 is 1. The van der Waals surface area contributed by atoms with Gasteiger partial charge in [0.05, 0.1) is 19.4 Å². The number of ether oxygens (including phenoxy) is 1. The fourth-order valence-corrected chi connectivity index (χ4v) is 3.41. The fourth-order valence-electron chi connectivity index (χ4n) is 3.41. The van der Waals surface area contributed by atoms with Gasteiger partial charge in [-0.1, -0.05) is 18.6 Å². The first kappa shape index (κ1) is 17.1. The standard InChI is InChI=1S/C17H20N8O2/c1-27-13-8-3-2-7-12(13)25-16(19-15(21-25)10-14(18)26)11-6-4-5-9-24-17(11)20-22-23-24/h2-3,7-8,11H,4-6,9-10H2,1H3,(H2,18,26). The summed E-state index contributed by atoms with van der Waals surface area (Å²) >= 11 is 0. The summed E-state index contributed by atoms with van der Waals surface area (Å²) in [5, 5.41) is 16.7. The second-order valence-corrected chi connectivity index (χ2v) is 6.42. The molecule has 3 heterocycles. The number of primary amides is 1. The molecule has 140 valence electrons. The molecular weight excluding hydrogens is 348 g/mol. The Kier molecular flexibility index (Phi) is 4.53. The second kappa shape index (κ2) is 7.14. The van der Waals surface area contributed by atoms with Crippen LogP contribution in [-0.2, 0) is 17.8 Å². The zero-order valence-corrected chi connectivity index (χ0v) is 14.9. The molecule has 4 rings (SSSR count). The average Bonchev–Trinajstić information content (AvgIpc) is 3.24. The van der Waals surface area contributed by atoms with E-state index in [1.807, 2.05) is 28.9 Å². The molecule has 0 fully saturated rings. The van der Waals surface area contributed by atoms with Crippen LogP contribution in [0.4, 0.5) is 0 Å². The van der Waals surface area contributed by atoms with E-state index in [1.165, 1.54) is 0 Å². The van der Waals surface area contributed by atoms with Gasteiger partial charge in [0.25, 0.3) is 0 Å². The van der Waals surface area contributed by atoms with E-state index < -0.39 is 5.91 Å². The third-order valence-electron chi connectivity index (χ3n) is 4.62. The van der Waals surface area contributed by atoms with Gasteiger partial charge in [0.15, 0.2) is 11.6 Å². The molecule has 1 aliphatic rings. The lowest BCUT2D eigenvalue weighted by Gasteiger charge is -2.15. The third-order valence-corrected chi connectivity index (χ3v) is 4.62. The lowest BCUT2D eigenvalue weighted by Crippen LogP contribution is -2.14. The number of fused-ring (bicyclic) bond motifs is 1. The first-order valence-corrected chi connectivity index (χ1v) is 8.81. The number of carbonyl (C=O) groups is 1. The Morgan fingerprint density at radius 2 is 2.15 bits per heavy atom. The molecule has 0 radical (unpaired) electrons. The third kappa shape index (κ3) is 3.25. The highest BCUT2D eigenvalue weighted by atomic mass is 16.5. The first-order valence-electron chi connectivity index (χ1n) is 8.81. The van der Waals surface area contributed by atoms with E-state index >= 15 is 0 Å². The highest BCUT2D eigenvalue weighted by Crippen LogP contribution is 2.33. The number of hydrogen-bond donors (Lipinski definition) is 1. The van der Waals surface area contributed by atoms with Gasteiger partial charge < -0.3 is 10.5 Å². The number of carbonyl (C=O) groups excluding carboxylic acids is 1. The van der Waals surface area contributed by atoms with Crippen molar-refractivity contribution in [3.05, 3.63) is 41.7 Å². The van der Waals surface area contributed by atoms with Crippen molar-refractivity contribution in [2.45, 2.75) is 38.1 Å². The summed E-state index contributed by atoms with van der Waals surface area (Å²) in [5.74, 6) is 1.83. The molecule has 27 heavy (non-hydrogen) atoms. The van der Waals surface area contributed by atoms with Crippen LogP contribution in [0.1, 0.15) is 42.7 Å². The SMILES string of the molecule is COc1ccccc1-n1nc(CC(N)=O)nc1C1CCCCn2nnnc21. The van der Waals surface area contributed by atoms with Crippen molar-refractivity contribution in [3.8, 4) is 11.4 Å². The predicted octanol–water partition coefficient (Wildman–Crippen LogP) is 0.606. The van der Waals surface area contributed by atoms with E-state index in [2.05, 4.69) is 25.6 Å². The topological polar surface area (TPSA) is 127 Å². The Morgan fingerprint density at radius 3 is 2.96 bits per heavy atom. The molecule has 2 N–H and O–H groups in total. The minimum atomic E-state index is -0.482. The van der Waals surface area contributed by atoms with E-state index in [-0.39, 0.29) is 12.3 Å². The number of benzene rings is 1. The van der Waals surface area contributed by atoms with Crippen LogP contribution in [-0.4, -0.2) is 48.0 Å². The summed E-state index contributed by atoms with van der Waals surface area (Å²) in [6.07, 6.45) is 2.79. The monoisotopic (exact) mass is 368 g/mol. The molecule has 1 atom stereocenters. The van der Waals surface area contributed by atoms with Crippen LogP contribution in [0.15, 0.2) is 24.3 Å². The molecule has 1 aromatic carbocycles. The van der Waals surface area contributed by atoms with Gasteiger partial charge in [-0.05, 0) is 35.4 Å². The Bertz CT molecular complexity index is 964. The van der Waals surface area contributed by atoms with Crippen molar-refractivity contribution >= 4 is 5.91 Å². The van der Waals surface area contributed by atoms with Crippen LogP contribution >= 0.6 is 0 Å². The summed E-state index contributed by atoms with van der Waals surface area (Å²) in [6.45, 7) is 0.774. The first-order chi connectivity index (χ1) is 13.2. The van der Waals surface area contributed by atoms with Crippen LogP contribution in [0.2, 0.25) is 0 Å². The van der Waals surface area contributed by atoms with Crippen molar-refractivity contribution in [1.29, 1.82) is 0 Å². The van der Waals surface area contributed by atoms with Crippen molar-refractivity contribution in [2.75, 3.05) is 7.11 Å². The zero-order valence-electron chi connectivity index (χ0n) is 14.9. The van der Waals surface area contributed by atoms with Gasteiger partial charge in [0.2, 0.25) is 5.91 Å². The van der Waals surface area contributed by atoms with Crippen LogP contribution < -0.4 is 10.5 Å². The molecule has 1 amide bonds. The highest BCUT2D eigenvalue weighted by Gasteiger charge is 2.30. The number of tetrazole rings is 1. The number of para-hydroxylation sites is 2. The molecule has 10 heteroatoms. The average molecular weight is 368 g/mol. The largest absolute Gasteiger partial charge is 0.494 e. The summed E-state index contributed by atoms with van der Waals surface area (Å²) in [7, 11) is 1.60. The zero-order chi connectivity index (χ0) is 18.8. The molecule has 0 bridgehead atoms. The smallest absolute Gasteiger partial charge is 0.225 e. The normalized spacial score (nSPS) is 16.6. The predicted molar refractivity (Wildman–Crippen MR) is 94.3 cm³/mol. The Balaban J connectivity index is 1.87. The molecule has 3 aromatic rings. The van der Waals surface area contributed by atoms with Crippen molar-refractivity contribution < 1.29 is 9.53 Å². The van der Waals surface area contributed by atoms with Crippen LogP contribution in [0.5, 0.6) is 5.75 Å². The molecular formula is C17H20N8O2. The lowest BCUT2D eigenvalue weighted by molar-refractivity contribution is -0.117. The maximum absolute atomic E-state index is 11.4. The number of amides is 1. The van der Waals surface area contributed by atoms with E-state index in [1.54, 1.807) is 11.8 Å². The summed E-state index contributed by atoms with van der Waals surface area (Å²) in [6, 6.07) is 7.53. The second-order valence-electron chi connectivity index (χ2n) is 6.42. The van der Waals surface area contributed by atoms with Crippen LogP contribution in [0.25, 0.3) is 5.69 Å². The number of nitrogens with two attached hydrogens (primary N) is 1.